The van der Waals surface area contributed by atoms with Crippen molar-refractivity contribution in [2.45, 2.75) is 47.0 Å². The van der Waals surface area contributed by atoms with Crippen molar-refractivity contribution in [3.63, 3.8) is 0 Å². The molecule has 0 radical (unpaired) electrons. The van der Waals surface area contributed by atoms with E-state index in [-0.39, 0.29) is 0 Å². The zero-order valence-electron chi connectivity index (χ0n) is 8.20. The monoisotopic (exact) mass is 145 g/mol. The fraction of sp³-hybridized carbons (Fsp3) is 1.00. The summed E-state index contributed by atoms with van der Waals surface area (Å²) in [6.45, 7) is 9.12. The van der Waals surface area contributed by atoms with Crippen LogP contribution in [0.15, 0.2) is 0 Å². The molecule has 10 heavy (non-hydrogen) atoms. The van der Waals surface area contributed by atoms with E-state index in [1.54, 1.807) is 0 Å². The van der Waals surface area contributed by atoms with Crippen LogP contribution in [0.5, 0.6) is 0 Å². The van der Waals surface area contributed by atoms with E-state index in [1.807, 2.05) is 0 Å². The van der Waals surface area contributed by atoms with Gasteiger partial charge in [-0.3, -0.25) is 0 Å². The van der Waals surface area contributed by atoms with Crippen LogP contribution in [-0.4, -0.2) is 7.05 Å². The minimum atomic E-state index is 0.552. The lowest BCUT2D eigenvalue weighted by molar-refractivity contribution is 0.363. The molecule has 0 aliphatic rings. The van der Waals surface area contributed by atoms with E-state index in [9.17, 15) is 0 Å². The zero-order valence-corrected chi connectivity index (χ0v) is 8.20. The minimum Gasteiger partial charge on any atom is -0.333 e. The highest BCUT2D eigenvalue weighted by Gasteiger charge is 2.07. The van der Waals surface area contributed by atoms with Crippen molar-refractivity contribution >= 4 is 0 Å². The Balaban J connectivity index is 0. The van der Waals surface area contributed by atoms with Crippen molar-refractivity contribution in [3.8, 4) is 0 Å². The Hall–Kier alpha value is -0.0400. The van der Waals surface area contributed by atoms with E-state index in [0.29, 0.717) is 5.41 Å². The second kappa shape index (κ2) is 7.07. The van der Waals surface area contributed by atoms with Crippen LogP contribution in [-0.2, 0) is 0 Å². The van der Waals surface area contributed by atoms with Crippen LogP contribution in [0.1, 0.15) is 47.0 Å². The molecule has 0 aromatic rings. The van der Waals surface area contributed by atoms with Gasteiger partial charge in [0.15, 0.2) is 0 Å². The molecule has 2 N–H and O–H groups in total. The summed E-state index contributed by atoms with van der Waals surface area (Å²) in [5, 5.41) is 0. The molecule has 64 valence electrons. The highest BCUT2D eigenvalue weighted by Crippen LogP contribution is 2.20. The molecule has 0 aliphatic carbocycles. The quantitative estimate of drug-likeness (QED) is 0.635. The highest BCUT2D eigenvalue weighted by atomic mass is 14.4. The van der Waals surface area contributed by atoms with Gasteiger partial charge in [0.1, 0.15) is 0 Å². The predicted octanol–water partition coefficient (Wildman–Crippen LogP) is 2.80. The van der Waals surface area contributed by atoms with Gasteiger partial charge in [0.2, 0.25) is 0 Å². The number of hydrogen-bond acceptors (Lipinski definition) is 1. The Morgan fingerprint density at radius 2 is 1.50 bits per heavy atom. The van der Waals surface area contributed by atoms with Crippen LogP contribution >= 0.6 is 0 Å². The van der Waals surface area contributed by atoms with Crippen LogP contribution < -0.4 is 5.73 Å². The van der Waals surface area contributed by atoms with E-state index < -0.39 is 0 Å². The van der Waals surface area contributed by atoms with Crippen LogP contribution in [0.2, 0.25) is 0 Å². The van der Waals surface area contributed by atoms with Gasteiger partial charge in [-0.25, -0.2) is 0 Å². The first kappa shape index (κ1) is 12.6. The smallest absolute Gasteiger partial charge is 0.0195 e. The van der Waals surface area contributed by atoms with Gasteiger partial charge in [0.05, 0.1) is 0 Å². The lowest BCUT2D eigenvalue weighted by Crippen LogP contribution is -2.03. The summed E-state index contributed by atoms with van der Waals surface area (Å²) >= 11 is 0. The van der Waals surface area contributed by atoms with Gasteiger partial charge in [0.25, 0.3) is 0 Å². The van der Waals surface area contributed by atoms with Crippen molar-refractivity contribution in [2.75, 3.05) is 7.05 Å². The molecule has 0 bridgehead atoms. The molecule has 0 spiro atoms. The molecule has 1 heteroatoms. The van der Waals surface area contributed by atoms with Crippen molar-refractivity contribution in [1.29, 1.82) is 0 Å². The average molecular weight is 145 g/mol. The summed E-state index contributed by atoms with van der Waals surface area (Å²) in [7, 11) is 1.50. The topological polar surface area (TPSA) is 26.0 Å². The van der Waals surface area contributed by atoms with Crippen LogP contribution in [0, 0.1) is 5.41 Å². The first-order valence-electron chi connectivity index (χ1n) is 4.14. The fourth-order valence-electron chi connectivity index (χ4n) is 0.707. The lowest BCUT2D eigenvalue weighted by Gasteiger charge is -2.16. The second-order valence-corrected chi connectivity index (χ2v) is 3.66. The zero-order chi connectivity index (χ0) is 8.62. The van der Waals surface area contributed by atoms with Gasteiger partial charge in [-0.05, 0) is 18.9 Å². The molecule has 0 aromatic heterocycles. The van der Waals surface area contributed by atoms with Crippen molar-refractivity contribution in [2.24, 2.45) is 11.1 Å². The summed E-state index contributed by atoms with van der Waals surface area (Å²) in [5.74, 6) is 0. The third-order valence-corrected chi connectivity index (χ3v) is 1.28. The normalized spacial score (nSPS) is 10.2. The van der Waals surface area contributed by atoms with Gasteiger partial charge in [-0.15, -0.1) is 0 Å². The molecular formula is C9H23N. The van der Waals surface area contributed by atoms with Crippen LogP contribution in [0.4, 0.5) is 0 Å². The summed E-state index contributed by atoms with van der Waals surface area (Å²) < 4.78 is 0. The van der Waals surface area contributed by atoms with E-state index in [2.05, 4.69) is 33.4 Å². The summed E-state index contributed by atoms with van der Waals surface area (Å²) in [5.41, 5.74) is 5.05. The minimum absolute atomic E-state index is 0.552. The molecule has 0 rings (SSSR count). The van der Waals surface area contributed by atoms with Gasteiger partial charge in [-0.1, -0.05) is 40.5 Å². The van der Waals surface area contributed by atoms with Gasteiger partial charge >= 0.3 is 0 Å². The summed E-state index contributed by atoms with van der Waals surface area (Å²) in [6.07, 6.45) is 4.07. The van der Waals surface area contributed by atoms with Crippen molar-refractivity contribution < 1.29 is 0 Å². The van der Waals surface area contributed by atoms with Crippen molar-refractivity contribution in [3.05, 3.63) is 0 Å². The maximum Gasteiger partial charge on any atom is -0.0195 e. The van der Waals surface area contributed by atoms with E-state index in [1.165, 1.54) is 26.3 Å². The molecule has 0 saturated heterocycles. The molecule has 0 unspecified atom stereocenters. The van der Waals surface area contributed by atoms with Gasteiger partial charge in [0, 0.05) is 0 Å². The van der Waals surface area contributed by atoms with E-state index >= 15 is 0 Å². The van der Waals surface area contributed by atoms with Crippen LogP contribution in [0.3, 0.4) is 0 Å². The third kappa shape index (κ3) is 15.7. The maximum atomic E-state index is 4.50. The Kier molecular flexibility index (Phi) is 8.92. The molecule has 0 aromatic carbocycles. The third-order valence-electron chi connectivity index (χ3n) is 1.28. The van der Waals surface area contributed by atoms with Gasteiger partial charge < -0.3 is 5.73 Å². The Bertz CT molecular complexity index is 52.2. The number of rotatable bonds is 2. The summed E-state index contributed by atoms with van der Waals surface area (Å²) in [6, 6.07) is 0. The largest absolute Gasteiger partial charge is 0.333 e. The highest BCUT2D eigenvalue weighted by molar-refractivity contribution is 4.59. The maximum absolute atomic E-state index is 4.50. The SMILES string of the molecule is CCCCC(C)(C)C.CN. The number of unbranched alkanes of at least 4 members (excludes halogenated alkanes) is 1. The molecule has 0 atom stereocenters. The molecule has 0 aliphatic heterocycles. The van der Waals surface area contributed by atoms with Crippen molar-refractivity contribution in [1.82, 2.24) is 0 Å². The number of nitrogens with two attached hydrogens (primary N) is 1. The standard InChI is InChI=1S/C8H18.CH5N/c1-5-6-7-8(2,3)4;1-2/h5-7H2,1-4H3;2H2,1H3. The first-order chi connectivity index (χ1) is 4.56. The molecular weight excluding hydrogens is 122 g/mol. The molecule has 0 saturated carbocycles. The Morgan fingerprint density at radius 3 is 1.60 bits per heavy atom. The van der Waals surface area contributed by atoms with E-state index in [0.717, 1.165) is 0 Å². The Labute approximate surface area is 66.0 Å². The number of hydrogen-bond donors (Lipinski definition) is 1. The lowest BCUT2D eigenvalue weighted by atomic mass is 9.90. The Morgan fingerprint density at radius 1 is 1.10 bits per heavy atom. The first-order valence-corrected chi connectivity index (χ1v) is 4.14. The molecule has 1 nitrogen and oxygen atoms in total. The van der Waals surface area contributed by atoms with Crippen LogP contribution in [0.25, 0.3) is 0 Å². The van der Waals surface area contributed by atoms with E-state index in [4.69, 9.17) is 0 Å². The average Bonchev–Trinajstić information content (AvgIpc) is 1.87. The second-order valence-electron chi connectivity index (χ2n) is 3.66. The molecule has 0 amide bonds. The fourth-order valence-corrected chi connectivity index (χ4v) is 0.707. The molecule has 0 fully saturated rings. The van der Waals surface area contributed by atoms with Gasteiger partial charge in [-0.2, -0.15) is 0 Å². The predicted molar refractivity (Wildman–Crippen MR) is 49.1 cm³/mol. The summed E-state index contributed by atoms with van der Waals surface area (Å²) in [4.78, 5) is 0. The molecule has 0 heterocycles.